The van der Waals surface area contributed by atoms with Gasteiger partial charge in [0.1, 0.15) is 17.5 Å². The third kappa shape index (κ3) is 3.82. The number of Topliss-reactive ketones (excluding diaryl/α,β-unsaturated/α-hetero) is 1. The van der Waals surface area contributed by atoms with Crippen LogP contribution in [0.3, 0.4) is 0 Å². The van der Waals surface area contributed by atoms with E-state index < -0.39 is 0 Å². The molecule has 0 saturated heterocycles. The molecule has 0 aliphatic carbocycles. The van der Waals surface area contributed by atoms with Gasteiger partial charge in [0, 0.05) is 30.4 Å². The fraction of sp³-hybridized carbons (Fsp3) is 0.227. The smallest absolute Gasteiger partial charge is 0.159 e. The highest BCUT2D eigenvalue weighted by Gasteiger charge is 2.18. The molecule has 2 heterocycles. The molecule has 1 N–H and O–H groups in total. The summed E-state index contributed by atoms with van der Waals surface area (Å²) in [5.74, 6) is 2.42. The van der Waals surface area contributed by atoms with Crippen molar-refractivity contribution >= 4 is 23.1 Å². The maximum atomic E-state index is 11.6. The van der Waals surface area contributed by atoms with E-state index in [1.807, 2.05) is 37.3 Å². The maximum Gasteiger partial charge on any atom is 0.159 e. The van der Waals surface area contributed by atoms with Crippen LogP contribution in [0.5, 0.6) is 0 Å². The highest BCUT2D eigenvalue weighted by molar-refractivity contribution is 5.95. The summed E-state index contributed by atoms with van der Waals surface area (Å²) in [5, 5.41) is 3.31. The van der Waals surface area contributed by atoms with Crippen molar-refractivity contribution in [3.05, 3.63) is 77.1 Å². The van der Waals surface area contributed by atoms with Crippen molar-refractivity contribution < 1.29 is 4.79 Å². The van der Waals surface area contributed by atoms with Gasteiger partial charge < -0.3 is 10.2 Å². The van der Waals surface area contributed by atoms with Crippen LogP contribution in [0.25, 0.3) is 0 Å². The lowest BCUT2D eigenvalue weighted by Gasteiger charge is -2.30. The Labute approximate surface area is 159 Å². The van der Waals surface area contributed by atoms with Gasteiger partial charge in [0.05, 0.1) is 0 Å². The second kappa shape index (κ2) is 7.19. The average Bonchev–Trinajstić information content (AvgIpc) is 2.67. The minimum atomic E-state index is 0.0465. The van der Waals surface area contributed by atoms with Crippen LogP contribution in [0, 0.1) is 6.92 Å². The van der Waals surface area contributed by atoms with Gasteiger partial charge in [0.2, 0.25) is 0 Å². The van der Waals surface area contributed by atoms with Crippen LogP contribution in [0.4, 0.5) is 17.3 Å². The van der Waals surface area contributed by atoms with E-state index >= 15 is 0 Å². The second-order valence-electron chi connectivity index (χ2n) is 6.86. The van der Waals surface area contributed by atoms with Crippen molar-refractivity contribution in [2.75, 3.05) is 16.8 Å². The number of fused-ring (bicyclic) bond motifs is 1. The Kier molecular flexibility index (Phi) is 4.59. The van der Waals surface area contributed by atoms with Gasteiger partial charge >= 0.3 is 0 Å². The number of hydrogen-bond donors (Lipinski definition) is 1. The van der Waals surface area contributed by atoms with Crippen molar-refractivity contribution in [1.29, 1.82) is 0 Å². The molecular weight excluding hydrogens is 336 g/mol. The molecule has 0 saturated carbocycles. The predicted molar refractivity (Wildman–Crippen MR) is 108 cm³/mol. The van der Waals surface area contributed by atoms with E-state index in [0.29, 0.717) is 5.56 Å². The van der Waals surface area contributed by atoms with Crippen LogP contribution in [-0.2, 0) is 13.0 Å². The van der Waals surface area contributed by atoms with E-state index in [-0.39, 0.29) is 5.78 Å². The number of benzene rings is 2. The Hall–Kier alpha value is -3.21. The first kappa shape index (κ1) is 17.2. The minimum Gasteiger partial charge on any atom is -0.352 e. The van der Waals surface area contributed by atoms with Gasteiger partial charge in [-0.3, -0.25) is 4.79 Å². The SMILES string of the molecule is CC(=O)c1cccc(Nc2cc(N3CCc4ccccc4C3)nc(C)n2)c1. The number of ketones is 1. The van der Waals surface area contributed by atoms with E-state index in [1.54, 1.807) is 6.92 Å². The van der Waals surface area contributed by atoms with Gasteiger partial charge in [-0.2, -0.15) is 0 Å². The van der Waals surface area contributed by atoms with Gasteiger partial charge in [0.25, 0.3) is 0 Å². The molecule has 1 aromatic heterocycles. The van der Waals surface area contributed by atoms with Gasteiger partial charge in [-0.15, -0.1) is 0 Å². The topological polar surface area (TPSA) is 58.1 Å². The number of carbonyl (C=O) groups is 1. The van der Waals surface area contributed by atoms with Crippen molar-refractivity contribution in [3.8, 4) is 0 Å². The van der Waals surface area contributed by atoms with Gasteiger partial charge in [-0.1, -0.05) is 36.4 Å². The molecule has 0 bridgehead atoms. The van der Waals surface area contributed by atoms with Crippen LogP contribution in [-0.4, -0.2) is 22.3 Å². The maximum absolute atomic E-state index is 11.6. The van der Waals surface area contributed by atoms with Crippen LogP contribution < -0.4 is 10.2 Å². The zero-order chi connectivity index (χ0) is 18.8. The van der Waals surface area contributed by atoms with Crippen molar-refractivity contribution in [2.45, 2.75) is 26.8 Å². The molecule has 0 spiro atoms. The Balaban J connectivity index is 1.59. The lowest BCUT2D eigenvalue weighted by Crippen LogP contribution is -2.31. The summed E-state index contributed by atoms with van der Waals surface area (Å²) in [5.41, 5.74) is 4.29. The lowest BCUT2D eigenvalue weighted by atomic mass is 10.00. The fourth-order valence-electron chi connectivity index (χ4n) is 3.43. The molecule has 136 valence electrons. The Bertz CT molecular complexity index is 999. The number of aryl methyl sites for hydroxylation is 1. The third-order valence-electron chi connectivity index (χ3n) is 4.82. The quantitative estimate of drug-likeness (QED) is 0.705. The van der Waals surface area contributed by atoms with Crippen molar-refractivity contribution in [3.63, 3.8) is 0 Å². The third-order valence-corrected chi connectivity index (χ3v) is 4.82. The molecule has 5 nitrogen and oxygen atoms in total. The number of nitrogens with zero attached hydrogens (tertiary/aromatic N) is 3. The molecule has 3 aromatic rings. The molecule has 0 unspecified atom stereocenters. The number of aromatic nitrogens is 2. The molecule has 5 heteroatoms. The Morgan fingerprint density at radius 3 is 2.67 bits per heavy atom. The first-order chi connectivity index (χ1) is 13.1. The molecule has 0 amide bonds. The summed E-state index contributed by atoms with van der Waals surface area (Å²) in [6.07, 6.45) is 1.02. The van der Waals surface area contributed by atoms with Crippen LogP contribution in [0.1, 0.15) is 34.2 Å². The zero-order valence-electron chi connectivity index (χ0n) is 15.6. The van der Waals surface area contributed by atoms with E-state index in [4.69, 9.17) is 0 Å². The molecular formula is C22H22N4O. The summed E-state index contributed by atoms with van der Waals surface area (Å²) in [7, 11) is 0. The molecule has 1 aliphatic rings. The zero-order valence-corrected chi connectivity index (χ0v) is 15.6. The molecule has 1 aliphatic heterocycles. The van der Waals surface area contributed by atoms with E-state index in [0.717, 1.165) is 42.7 Å². The molecule has 0 atom stereocenters. The van der Waals surface area contributed by atoms with E-state index in [9.17, 15) is 4.79 Å². The monoisotopic (exact) mass is 358 g/mol. The molecule has 4 rings (SSSR count). The van der Waals surface area contributed by atoms with Crippen LogP contribution in [0.15, 0.2) is 54.6 Å². The molecule has 0 fully saturated rings. The number of carbonyl (C=O) groups excluding carboxylic acids is 1. The first-order valence-electron chi connectivity index (χ1n) is 9.14. The number of nitrogens with one attached hydrogen (secondary N) is 1. The molecule has 2 aromatic carbocycles. The van der Waals surface area contributed by atoms with Crippen LogP contribution >= 0.6 is 0 Å². The summed E-state index contributed by atoms with van der Waals surface area (Å²) in [6.45, 7) is 5.26. The van der Waals surface area contributed by atoms with E-state index in [1.165, 1.54) is 11.1 Å². The Morgan fingerprint density at radius 2 is 1.85 bits per heavy atom. The van der Waals surface area contributed by atoms with Crippen molar-refractivity contribution in [1.82, 2.24) is 9.97 Å². The summed E-state index contributed by atoms with van der Waals surface area (Å²) in [6, 6.07) is 18.0. The summed E-state index contributed by atoms with van der Waals surface area (Å²) >= 11 is 0. The van der Waals surface area contributed by atoms with Gasteiger partial charge in [-0.05, 0) is 43.5 Å². The van der Waals surface area contributed by atoms with Gasteiger partial charge in [-0.25, -0.2) is 9.97 Å². The minimum absolute atomic E-state index is 0.0465. The van der Waals surface area contributed by atoms with Crippen molar-refractivity contribution in [2.24, 2.45) is 0 Å². The number of hydrogen-bond acceptors (Lipinski definition) is 5. The van der Waals surface area contributed by atoms with Crippen LogP contribution in [0.2, 0.25) is 0 Å². The second-order valence-corrected chi connectivity index (χ2v) is 6.86. The first-order valence-corrected chi connectivity index (χ1v) is 9.14. The normalized spacial score (nSPS) is 13.2. The van der Waals surface area contributed by atoms with Gasteiger partial charge in [0.15, 0.2) is 5.78 Å². The highest BCUT2D eigenvalue weighted by atomic mass is 16.1. The Morgan fingerprint density at radius 1 is 1.04 bits per heavy atom. The lowest BCUT2D eigenvalue weighted by molar-refractivity contribution is 0.101. The predicted octanol–water partition coefficient (Wildman–Crippen LogP) is 4.29. The number of rotatable bonds is 4. The van der Waals surface area contributed by atoms with E-state index in [2.05, 4.69) is 44.5 Å². The summed E-state index contributed by atoms with van der Waals surface area (Å²) in [4.78, 5) is 23.0. The summed E-state index contributed by atoms with van der Waals surface area (Å²) < 4.78 is 0. The highest BCUT2D eigenvalue weighted by Crippen LogP contribution is 2.26. The average molecular weight is 358 g/mol. The number of anilines is 3. The molecule has 0 radical (unpaired) electrons. The largest absolute Gasteiger partial charge is 0.352 e. The standard InChI is InChI=1S/C22H22N4O/c1-15(27)18-8-5-9-20(12-18)25-21-13-22(24-16(2)23-21)26-11-10-17-6-3-4-7-19(17)14-26/h3-9,12-13H,10-11,14H2,1-2H3,(H,23,24,25). The molecule has 27 heavy (non-hydrogen) atoms. The fourth-order valence-corrected chi connectivity index (χ4v) is 3.43.